The molecule has 1 aliphatic rings. The van der Waals surface area contributed by atoms with Gasteiger partial charge in [0, 0.05) is 12.4 Å². The van der Waals surface area contributed by atoms with Gasteiger partial charge < -0.3 is 14.5 Å². The summed E-state index contributed by atoms with van der Waals surface area (Å²) in [4.78, 5) is 21.8. The topological polar surface area (TPSA) is 77.2 Å². The molecule has 0 amide bonds. The summed E-state index contributed by atoms with van der Waals surface area (Å²) in [6.45, 7) is 2.06. The molecule has 0 saturated heterocycles. The average Bonchev–Trinajstić information content (AvgIpc) is 3.29. The quantitative estimate of drug-likeness (QED) is 0.686. The average molecular weight is 373 g/mol. The highest BCUT2D eigenvalue weighted by molar-refractivity contribution is 6.02. The summed E-state index contributed by atoms with van der Waals surface area (Å²) < 4.78 is 11.0. The summed E-state index contributed by atoms with van der Waals surface area (Å²) in [5, 5.41) is 3.34. The van der Waals surface area contributed by atoms with Gasteiger partial charge in [-0.25, -0.2) is 4.79 Å². The molecule has 3 aromatic rings. The summed E-state index contributed by atoms with van der Waals surface area (Å²) in [6.07, 6.45) is 6.94. The van der Waals surface area contributed by atoms with E-state index in [1.54, 1.807) is 31.6 Å². The highest BCUT2D eigenvalue weighted by Crippen LogP contribution is 2.38. The zero-order valence-electron chi connectivity index (χ0n) is 15.3. The number of hydrogen-bond donors (Lipinski definition) is 1. The smallest absolute Gasteiger partial charge is 0.337 e. The summed E-state index contributed by atoms with van der Waals surface area (Å²) >= 11 is 0. The number of allylic oxidation sites excluding steroid dienone is 1. The van der Waals surface area contributed by atoms with Crippen LogP contribution in [0.3, 0.4) is 0 Å². The molecule has 6 nitrogen and oxygen atoms in total. The van der Waals surface area contributed by atoms with Crippen molar-refractivity contribution in [2.24, 2.45) is 0 Å². The molecule has 28 heavy (non-hydrogen) atoms. The highest BCUT2D eigenvalue weighted by Gasteiger charge is 2.33. The molecule has 4 rings (SSSR count). The first kappa shape index (κ1) is 17.7. The minimum Gasteiger partial charge on any atom is -0.468 e. The first-order chi connectivity index (χ1) is 13.8. The van der Waals surface area contributed by atoms with Gasteiger partial charge in [-0.05, 0) is 49.4 Å². The molecule has 1 unspecified atom stereocenters. The van der Waals surface area contributed by atoms with Crippen LogP contribution in [0.2, 0.25) is 0 Å². The van der Waals surface area contributed by atoms with Crippen LogP contribution in [-0.4, -0.2) is 22.5 Å². The molecule has 0 fully saturated rings. The maximum absolute atomic E-state index is 12.9. The molecule has 1 atom stereocenters. The molecule has 3 aromatic heterocycles. The zero-order chi connectivity index (χ0) is 19.3. The predicted molar refractivity (Wildman–Crippen MR) is 105 cm³/mol. The second-order valence-electron chi connectivity index (χ2n) is 6.14. The third-order valence-electron chi connectivity index (χ3n) is 4.38. The van der Waals surface area contributed by atoms with Gasteiger partial charge in [0.05, 0.1) is 47.1 Å². The number of hydrogen-bond acceptors (Lipinski definition) is 6. The van der Waals surface area contributed by atoms with E-state index in [0.717, 1.165) is 11.4 Å². The van der Waals surface area contributed by atoms with Crippen LogP contribution in [0.15, 0.2) is 83.3 Å². The third kappa shape index (κ3) is 3.44. The number of nitrogens with one attached hydrogen (secondary N) is 1. The number of esters is 1. The number of dihydropyridines is 1. The van der Waals surface area contributed by atoms with Crippen molar-refractivity contribution >= 4 is 17.4 Å². The van der Waals surface area contributed by atoms with Gasteiger partial charge in [-0.2, -0.15) is 0 Å². The van der Waals surface area contributed by atoms with Crippen molar-refractivity contribution in [1.82, 2.24) is 15.3 Å². The summed E-state index contributed by atoms with van der Waals surface area (Å²) in [7, 11) is 0. The minimum atomic E-state index is -0.427. The van der Waals surface area contributed by atoms with Gasteiger partial charge in [0.1, 0.15) is 5.76 Å². The molecule has 0 spiro atoms. The zero-order valence-corrected chi connectivity index (χ0v) is 15.3. The first-order valence-electron chi connectivity index (χ1n) is 9.04. The second-order valence-corrected chi connectivity index (χ2v) is 6.14. The van der Waals surface area contributed by atoms with Gasteiger partial charge in [-0.3, -0.25) is 9.97 Å². The SMILES string of the molecule is CCOC(=O)C1=C(c2ccccn2)NC(c2ccccn2)=CC1c1ccco1. The van der Waals surface area contributed by atoms with Crippen molar-refractivity contribution in [3.63, 3.8) is 0 Å². The molecule has 0 aromatic carbocycles. The van der Waals surface area contributed by atoms with Crippen molar-refractivity contribution in [3.05, 3.63) is 96.0 Å². The van der Waals surface area contributed by atoms with Crippen LogP contribution in [0.25, 0.3) is 11.4 Å². The van der Waals surface area contributed by atoms with E-state index >= 15 is 0 Å². The minimum absolute atomic E-state index is 0.277. The maximum atomic E-state index is 12.9. The van der Waals surface area contributed by atoms with Crippen LogP contribution in [-0.2, 0) is 9.53 Å². The normalized spacial score (nSPS) is 16.3. The van der Waals surface area contributed by atoms with Gasteiger partial charge >= 0.3 is 5.97 Å². The fourth-order valence-electron chi connectivity index (χ4n) is 3.16. The molecule has 1 N–H and O–H groups in total. The molecular weight excluding hydrogens is 354 g/mol. The monoisotopic (exact) mass is 373 g/mol. The van der Waals surface area contributed by atoms with Crippen LogP contribution >= 0.6 is 0 Å². The predicted octanol–water partition coefficient (Wildman–Crippen LogP) is 3.77. The number of aromatic nitrogens is 2. The van der Waals surface area contributed by atoms with Crippen LogP contribution < -0.4 is 5.32 Å². The molecule has 140 valence electrons. The van der Waals surface area contributed by atoms with Gasteiger partial charge in [0.25, 0.3) is 0 Å². The van der Waals surface area contributed by atoms with E-state index in [4.69, 9.17) is 9.15 Å². The Kier molecular flexibility index (Phi) is 5.01. The van der Waals surface area contributed by atoms with Gasteiger partial charge in [0.15, 0.2) is 0 Å². The fourth-order valence-corrected chi connectivity index (χ4v) is 3.16. The molecule has 0 saturated carbocycles. The van der Waals surface area contributed by atoms with Crippen LogP contribution in [0.5, 0.6) is 0 Å². The second kappa shape index (κ2) is 7.92. The van der Waals surface area contributed by atoms with E-state index < -0.39 is 11.9 Å². The largest absolute Gasteiger partial charge is 0.468 e. The van der Waals surface area contributed by atoms with E-state index in [9.17, 15) is 4.79 Å². The van der Waals surface area contributed by atoms with Crippen LogP contribution in [0.4, 0.5) is 0 Å². The number of carbonyl (C=O) groups excluding carboxylic acids is 1. The summed E-state index contributed by atoms with van der Waals surface area (Å²) in [5.74, 6) is -0.191. The Balaban J connectivity index is 1.90. The Hall–Kier alpha value is -3.67. The van der Waals surface area contributed by atoms with E-state index in [1.165, 1.54) is 0 Å². The number of furan rings is 1. The Bertz CT molecular complexity index is 1010. The standard InChI is InChI=1S/C22H19N3O3/c1-2-27-22(26)20-15(19-10-7-13-28-19)14-18(16-8-3-5-11-23-16)25-21(20)17-9-4-6-12-24-17/h3-15,25H,2H2,1H3. The number of carbonyl (C=O) groups is 1. The maximum Gasteiger partial charge on any atom is 0.337 e. The number of nitrogens with zero attached hydrogens (tertiary/aromatic N) is 2. The van der Waals surface area contributed by atoms with Crippen molar-refractivity contribution in [3.8, 4) is 0 Å². The molecule has 6 heteroatoms. The number of rotatable bonds is 5. The van der Waals surface area contributed by atoms with E-state index in [0.29, 0.717) is 22.7 Å². The van der Waals surface area contributed by atoms with E-state index in [1.807, 2.05) is 48.5 Å². The lowest BCUT2D eigenvalue weighted by molar-refractivity contribution is -0.138. The summed E-state index contributed by atoms with van der Waals surface area (Å²) in [5.41, 5.74) is 3.22. The molecule has 4 heterocycles. The molecular formula is C22H19N3O3. The van der Waals surface area contributed by atoms with Gasteiger partial charge in [-0.1, -0.05) is 12.1 Å². The van der Waals surface area contributed by atoms with Crippen molar-refractivity contribution in [2.45, 2.75) is 12.8 Å². The third-order valence-corrected chi connectivity index (χ3v) is 4.38. The Morgan fingerprint density at radius 1 is 1.07 bits per heavy atom. The van der Waals surface area contributed by atoms with Crippen molar-refractivity contribution in [1.29, 1.82) is 0 Å². The fraction of sp³-hybridized carbons (Fsp3) is 0.136. The lowest BCUT2D eigenvalue weighted by Crippen LogP contribution is -2.27. The lowest BCUT2D eigenvalue weighted by atomic mass is 9.88. The van der Waals surface area contributed by atoms with Gasteiger partial charge in [-0.15, -0.1) is 0 Å². The highest BCUT2D eigenvalue weighted by atomic mass is 16.5. The van der Waals surface area contributed by atoms with Gasteiger partial charge in [0.2, 0.25) is 0 Å². The summed E-state index contributed by atoms with van der Waals surface area (Å²) in [6, 6.07) is 14.9. The Labute approximate surface area is 162 Å². The first-order valence-corrected chi connectivity index (χ1v) is 9.04. The van der Waals surface area contributed by atoms with Crippen molar-refractivity contribution in [2.75, 3.05) is 6.61 Å². The Morgan fingerprint density at radius 3 is 2.43 bits per heavy atom. The molecule has 1 aliphatic heterocycles. The Morgan fingerprint density at radius 2 is 1.82 bits per heavy atom. The van der Waals surface area contributed by atoms with E-state index in [-0.39, 0.29) is 6.61 Å². The molecule has 0 bridgehead atoms. The van der Waals surface area contributed by atoms with E-state index in [2.05, 4.69) is 15.3 Å². The van der Waals surface area contributed by atoms with Crippen LogP contribution in [0.1, 0.15) is 30.0 Å². The van der Waals surface area contributed by atoms with Crippen LogP contribution in [0, 0.1) is 0 Å². The lowest BCUT2D eigenvalue weighted by Gasteiger charge is -2.26. The molecule has 0 aliphatic carbocycles. The number of ether oxygens (including phenoxy) is 1. The molecule has 0 radical (unpaired) electrons. The number of pyridine rings is 2. The van der Waals surface area contributed by atoms with Crippen molar-refractivity contribution < 1.29 is 13.9 Å².